The van der Waals surface area contributed by atoms with E-state index >= 15 is 0 Å². The summed E-state index contributed by atoms with van der Waals surface area (Å²) in [6.45, 7) is 0. The fourth-order valence-corrected chi connectivity index (χ4v) is 0.170. The Kier molecular flexibility index (Phi) is 2.61. The second kappa shape index (κ2) is 3.01. The Morgan fingerprint density at radius 1 is 1.75 bits per heavy atom. The van der Waals surface area contributed by atoms with Crippen molar-refractivity contribution in [1.82, 2.24) is 4.90 Å². The third-order valence-corrected chi connectivity index (χ3v) is 0.662. The van der Waals surface area contributed by atoms with Crippen molar-refractivity contribution in [3.8, 4) is 0 Å². The van der Waals surface area contributed by atoms with Gasteiger partial charge in [-0.3, -0.25) is 5.41 Å². The number of nitrogens with zero attached hydrogens (tertiary/aromatic N) is 2. The van der Waals surface area contributed by atoms with Gasteiger partial charge < -0.3 is 10.1 Å². The summed E-state index contributed by atoms with van der Waals surface area (Å²) >= 11 is 0. The maximum atomic E-state index is 7.89. The Balaban J connectivity index is 3.66. The van der Waals surface area contributed by atoms with Gasteiger partial charge in [0.05, 0.1) is 0 Å². The van der Waals surface area contributed by atoms with Crippen molar-refractivity contribution in [2.45, 2.75) is 0 Å². The molecule has 0 amide bonds. The van der Waals surface area contributed by atoms with E-state index in [0.717, 1.165) is 6.21 Å². The summed E-state index contributed by atoms with van der Waals surface area (Å²) in [5, 5.41) is 17.5. The average Bonchev–Trinajstić information content (AvgIpc) is 1.67. The topological polar surface area (TPSA) is 59.7 Å². The maximum absolute atomic E-state index is 7.89. The number of hydrogen-bond donors (Lipinski definition) is 2. The summed E-state index contributed by atoms with van der Waals surface area (Å²) in [5.74, 6) is 0.174. The van der Waals surface area contributed by atoms with Gasteiger partial charge in [-0.2, -0.15) is 0 Å². The van der Waals surface area contributed by atoms with Crippen molar-refractivity contribution in [3.05, 3.63) is 0 Å². The zero-order valence-electron chi connectivity index (χ0n) is 4.92. The highest BCUT2D eigenvalue weighted by Gasteiger charge is 1.90. The minimum atomic E-state index is 0.174. The summed E-state index contributed by atoms with van der Waals surface area (Å²) in [6.07, 6.45) is 1.06. The summed E-state index contributed by atoms with van der Waals surface area (Å²) in [5.41, 5.74) is 0. The molecule has 0 aliphatic heterocycles. The van der Waals surface area contributed by atoms with Gasteiger partial charge in [-0.1, -0.05) is 5.16 Å². The highest BCUT2D eigenvalue weighted by Crippen LogP contribution is 1.71. The van der Waals surface area contributed by atoms with Gasteiger partial charge in [0.25, 0.3) is 0 Å². The van der Waals surface area contributed by atoms with Crippen molar-refractivity contribution in [2.24, 2.45) is 5.16 Å². The van der Waals surface area contributed by atoms with Crippen LogP contribution in [-0.2, 0) is 0 Å². The molecule has 0 radical (unpaired) electrons. The van der Waals surface area contributed by atoms with Crippen molar-refractivity contribution in [2.75, 3.05) is 14.1 Å². The summed E-state index contributed by atoms with van der Waals surface area (Å²) in [4.78, 5) is 1.53. The monoisotopic (exact) mass is 115 g/mol. The first-order valence-electron chi connectivity index (χ1n) is 2.11. The second-order valence-electron chi connectivity index (χ2n) is 1.52. The van der Waals surface area contributed by atoms with Gasteiger partial charge in [-0.25, -0.2) is 0 Å². The second-order valence-corrected chi connectivity index (χ2v) is 1.52. The molecule has 4 nitrogen and oxygen atoms in total. The lowest BCUT2D eigenvalue weighted by Gasteiger charge is -2.06. The van der Waals surface area contributed by atoms with Gasteiger partial charge in [0.15, 0.2) is 0 Å². The van der Waals surface area contributed by atoms with E-state index in [4.69, 9.17) is 10.6 Å². The van der Waals surface area contributed by atoms with E-state index in [2.05, 4.69) is 5.16 Å². The standard InChI is InChI=1S/C4H9N3O/c1-7(2)4(5)3-6-8/h3,5,8H,1-2H3/b5-4?,6-3+. The molecule has 0 aliphatic carbocycles. The number of amidine groups is 1. The smallest absolute Gasteiger partial charge is 0.142 e. The Bertz CT molecular complexity index is 108. The highest BCUT2D eigenvalue weighted by molar-refractivity contribution is 6.27. The molecule has 0 saturated carbocycles. The lowest BCUT2D eigenvalue weighted by Crippen LogP contribution is -2.21. The first-order valence-corrected chi connectivity index (χ1v) is 2.11. The van der Waals surface area contributed by atoms with E-state index in [1.807, 2.05) is 0 Å². The van der Waals surface area contributed by atoms with Crippen LogP contribution in [0.5, 0.6) is 0 Å². The molecule has 0 spiro atoms. The molecular weight excluding hydrogens is 106 g/mol. The lowest BCUT2D eigenvalue weighted by molar-refractivity contribution is 0.322. The molecule has 0 saturated heterocycles. The molecule has 8 heavy (non-hydrogen) atoms. The van der Waals surface area contributed by atoms with Gasteiger partial charge in [0.2, 0.25) is 0 Å². The zero-order chi connectivity index (χ0) is 6.57. The molecular formula is C4H9N3O. The summed E-state index contributed by atoms with van der Waals surface area (Å²) in [6, 6.07) is 0. The van der Waals surface area contributed by atoms with Crippen molar-refractivity contribution in [1.29, 1.82) is 5.41 Å². The molecule has 0 aromatic rings. The van der Waals surface area contributed by atoms with Gasteiger partial charge in [-0.05, 0) is 0 Å². The molecule has 2 N–H and O–H groups in total. The molecule has 0 atom stereocenters. The maximum Gasteiger partial charge on any atom is 0.142 e. The van der Waals surface area contributed by atoms with Crippen molar-refractivity contribution in [3.63, 3.8) is 0 Å². The Labute approximate surface area is 47.9 Å². The normalized spacial score (nSPS) is 9.75. The van der Waals surface area contributed by atoms with E-state index in [-0.39, 0.29) is 5.84 Å². The Hall–Kier alpha value is -1.06. The quantitative estimate of drug-likeness (QED) is 0.218. The molecule has 0 aromatic carbocycles. The van der Waals surface area contributed by atoms with E-state index in [1.165, 1.54) is 4.90 Å². The van der Waals surface area contributed by atoms with Crippen LogP contribution in [0.3, 0.4) is 0 Å². The first kappa shape index (κ1) is 6.94. The Morgan fingerprint density at radius 3 is 2.38 bits per heavy atom. The van der Waals surface area contributed by atoms with Crippen LogP contribution in [0.1, 0.15) is 0 Å². The van der Waals surface area contributed by atoms with Crippen LogP contribution in [0.25, 0.3) is 0 Å². The molecule has 0 fully saturated rings. The van der Waals surface area contributed by atoms with Crippen LogP contribution < -0.4 is 0 Å². The fourth-order valence-electron chi connectivity index (χ4n) is 0.170. The molecule has 4 heteroatoms. The van der Waals surface area contributed by atoms with Crippen molar-refractivity contribution >= 4 is 12.1 Å². The van der Waals surface area contributed by atoms with E-state index in [1.54, 1.807) is 14.1 Å². The fraction of sp³-hybridized carbons (Fsp3) is 0.500. The molecule has 0 rings (SSSR count). The molecule has 0 heterocycles. The molecule has 0 unspecified atom stereocenters. The predicted octanol–water partition coefficient (Wildman–Crippen LogP) is -0.0147. The van der Waals surface area contributed by atoms with E-state index in [9.17, 15) is 0 Å². The third kappa shape index (κ3) is 2.17. The molecule has 0 aromatic heterocycles. The summed E-state index contributed by atoms with van der Waals surface area (Å²) in [7, 11) is 3.40. The first-order chi connectivity index (χ1) is 3.68. The van der Waals surface area contributed by atoms with Gasteiger partial charge in [0, 0.05) is 14.1 Å². The molecule has 0 aliphatic rings. The number of nitrogens with one attached hydrogen (secondary N) is 1. The predicted molar refractivity (Wildman–Crippen MR) is 31.7 cm³/mol. The average molecular weight is 115 g/mol. The highest BCUT2D eigenvalue weighted by atomic mass is 16.4. The Morgan fingerprint density at radius 2 is 2.25 bits per heavy atom. The largest absolute Gasteiger partial charge is 0.411 e. The van der Waals surface area contributed by atoms with Gasteiger partial charge in [-0.15, -0.1) is 0 Å². The van der Waals surface area contributed by atoms with Gasteiger partial charge >= 0.3 is 0 Å². The third-order valence-electron chi connectivity index (χ3n) is 0.662. The molecule has 46 valence electrons. The van der Waals surface area contributed by atoms with Crippen LogP contribution in [0.4, 0.5) is 0 Å². The lowest BCUT2D eigenvalue weighted by atomic mass is 10.6. The SMILES string of the molecule is CN(C)C(=N)/C=N/O. The van der Waals surface area contributed by atoms with Crippen molar-refractivity contribution < 1.29 is 5.21 Å². The number of hydrogen-bond acceptors (Lipinski definition) is 3. The number of oxime groups is 1. The van der Waals surface area contributed by atoms with Gasteiger partial charge in [0.1, 0.15) is 12.1 Å². The van der Waals surface area contributed by atoms with Crippen LogP contribution in [0, 0.1) is 5.41 Å². The van der Waals surface area contributed by atoms with E-state index < -0.39 is 0 Å². The molecule has 0 bridgehead atoms. The summed E-state index contributed by atoms with van der Waals surface area (Å²) < 4.78 is 0. The zero-order valence-corrected chi connectivity index (χ0v) is 4.92. The van der Waals surface area contributed by atoms with Crippen LogP contribution >= 0.6 is 0 Å². The minimum Gasteiger partial charge on any atom is -0.411 e. The number of rotatable bonds is 1. The van der Waals surface area contributed by atoms with Crippen LogP contribution in [0.15, 0.2) is 5.16 Å². The van der Waals surface area contributed by atoms with Crippen LogP contribution in [-0.4, -0.2) is 36.3 Å². The minimum absolute atomic E-state index is 0.174. The van der Waals surface area contributed by atoms with E-state index in [0.29, 0.717) is 0 Å². The van der Waals surface area contributed by atoms with Crippen LogP contribution in [0.2, 0.25) is 0 Å².